The zero-order chi connectivity index (χ0) is 15.3. The molecule has 0 saturated carbocycles. The fourth-order valence-electron chi connectivity index (χ4n) is 1.33. The van der Waals surface area contributed by atoms with Crippen molar-refractivity contribution in [3.05, 3.63) is 22.2 Å². The summed E-state index contributed by atoms with van der Waals surface area (Å²) in [5, 5.41) is 20.8. The number of thioether (sulfide) groups is 1. The lowest BCUT2D eigenvalue weighted by atomic mass is 10.2. The molecule has 1 aromatic carbocycles. The quantitative estimate of drug-likeness (QED) is 0.595. The molecule has 1 rings (SSSR count). The highest BCUT2D eigenvalue weighted by atomic mass is 35.5. The molecule has 0 aliphatic carbocycles. The number of carbonyl (C=O) groups excluding carboxylic acids is 1. The van der Waals surface area contributed by atoms with Crippen LogP contribution < -0.4 is 11.1 Å². The van der Waals surface area contributed by atoms with Crippen LogP contribution in [0.2, 0.25) is 10.0 Å². The number of anilines is 2. The third kappa shape index (κ3) is 5.03. The molecule has 5 N–H and O–H groups in total. The monoisotopic (exact) mass is 338 g/mol. The number of nitrogens with one attached hydrogen (secondary N) is 1. The summed E-state index contributed by atoms with van der Waals surface area (Å²) in [6.07, 6.45) is -0.848. The number of rotatable bonds is 6. The minimum Gasteiger partial charge on any atom is -0.397 e. The van der Waals surface area contributed by atoms with E-state index in [1.54, 1.807) is 6.92 Å². The first-order chi connectivity index (χ1) is 9.35. The van der Waals surface area contributed by atoms with Gasteiger partial charge in [-0.1, -0.05) is 23.2 Å². The largest absolute Gasteiger partial charge is 0.397 e. The van der Waals surface area contributed by atoms with Crippen molar-refractivity contribution in [2.24, 2.45) is 0 Å². The van der Waals surface area contributed by atoms with Crippen LogP contribution in [-0.2, 0) is 4.79 Å². The molecule has 0 fully saturated rings. The van der Waals surface area contributed by atoms with E-state index in [2.05, 4.69) is 5.32 Å². The Morgan fingerprint density at radius 1 is 1.50 bits per heavy atom. The van der Waals surface area contributed by atoms with Gasteiger partial charge in [0.1, 0.15) is 0 Å². The molecule has 0 saturated heterocycles. The van der Waals surface area contributed by atoms with E-state index in [4.69, 9.17) is 34.0 Å². The van der Waals surface area contributed by atoms with Gasteiger partial charge in [0.2, 0.25) is 5.91 Å². The SMILES string of the molecule is CC(SCC(O)CO)C(=O)Nc1c(N)cc(Cl)cc1Cl. The summed E-state index contributed by atoms with van der Waals surface area (Å²) < 4.78 is 0. The predicted octanol–water partition coefficient (Wildman–Crippen LogP) is 1.99. The van der Waals surface area contributed by atoms with E-state index in [9.17, 15) is 9.90 Å². The van der Waals surface area contributed by atoms with Gasteiger partial charge in [0.15, 0.2) is 0 Å². The molecule has 0 aliphatic heterocycles. The maximum Gasteiger partial charge on any atom is 0.237 e. The smallest absolute Gasteiger partial charge is 0.237 e. The molecule has 2 unspecified atom stereocenters. The Hall–Kier alpha value is -0.660. The van der Waals surface area contributed by atoms with Crippen molar-refractivity contribution in [2.75, 3.05) is 23.4 Å². The number of nitrogen functional groups attached to an aromatic ring is 1. The Bertz CT molecular complexity index is 465. The second-order valence-corrected chi connectivity index (χ2v) is 6.37. The summed E-state index contributed by atoms with van der Waals surface area (Å²) in [4.78, 5) is 12.0. The van der Waals surface area contributed by atoms with E-state index < -0.39 is 11.4 Å². The van der Waals surface area contributed by atoms with Crippen LogP contribution in [0.25, 0.3) is 0 Å². The van der Waals surface area contributed by atoms with E-state index in [1.807, 2.05) is 0 Å². The van der Waals surface area contributed by atoms with Crippen LogP contribution >= 0.6 is 35.0 Å². The molecule has 1 amide bonds. The van der Waals surface area contributed by atoms with Crippen LogP contribution in [0.3, 0.4) is 0 Å². The van der Waals surface area contributed by atoms with Crippen molar-refractivity contribution in [3.63, 3.8) is 0 Å². The Kier molecular flexibility index (Phi) is 6.91. The third-order valence-electron chi connectivity index (χ3n) is 2.45. The van der Waals surface area contributed by atoms with Gasteiger partial charge in [-0.2, -0.15) is 0 Å². The van der Waals surface area contributed by atoms with Crippen LogP contribution in [0.5, 0.6) is 0 Å². The summed E-state index contributed by atoms with van der Waals surface area (Å²) in [5.41, 5.74) is 6.35. The number of aliphatic hydroxyl groups excluding tert-OH is 2. The molecule has 0 bridgehead atoms. The first-order valence-corrected chi connectivity index (χ1v) is 7.61. The number of aliphatic hydroxyl groups is 2. The van der Waals surface area contributed by atoms with E-state index in [1.165, 1.54) is 23.9 Å². The highest BCUT2D eigenvalue weighted by molar-refractivity contribution is 8.00. The first kappa shape index (κ1) is 17.4. The summed E-state index contributed by atoms with van der Waals surface area (Å²) in [5.74, 6) is -0.0365. The van der Waals surface area contributed by atoms with Gasteiger partial charge in [-0.15, -0.1) is 11.8 Å². The Morgan fingerprint density at radius 2 is 2.15 bits per heavy atom. The van der Waals surface area contributed by atoms with E-state index in [-0.39, 0.29) is 29.0 Å². The van der Waals surface area contributed by atoms with Gasteiger partial charge in [-0.3, -0.25) is 4.79 Å². The van der Waals surface area contributed by atoms with E-state index in [0.29, 0.717) is 10.7 Å². The maximum absolute atomic E-state index is 12.0. The number of hydrogen-bond donors (Lipinski definition) is 4. The van der Waals surface area contributed by atoms with Gasteiger partial charge >= 0.3 is 0 Å². The fraction of sp³-hybridized carbons (Fsp3) is 0.417. The molecule has 20 heavy (non-hydrogen) atoms. The first-order valence-electron chi connectivity index (χ1n) is 5.81. The van der Waals surface area contributed by atoms with E-state index in [0.717, 1.165) is 0 Å². The molecule has 1 aromatic rings. The second kappa shape index (κ2) is 7.95. The minimum atomic E-state index is -0.848. The van der Waals surface area contributed by atoms with Crippen LogP contribution in [0.1, 0.15) is 6.92 Å². The normalized spacial score (nSPS) is 13.8. The van der Waals surface area contributed by atoms with Gasteiger partial charge in [0.25, 0.3) is 0 Å². The van der Waals surface area contributed by atoms with Crippen LogP contribution in [0, 0.1) is 0 Å². The van der Waals surface area contributed by atoms with Gasteiger partial charge in [0, 0.05) is 10.8 Å². The average molecular weight is 339 g/mol. The predicted molar refractivity (Wildman–Crippen MR) is 84.5 cm³/mol. The van der Waals surface area contributed by atoms with Crippen LogP contribution in [0.4, 0.5) is 11.4 Å². The van der Waals surface area contributed by atoms with Crippen molar-refractivity contribution in [1.29, 1.82) is 0 Å². The highest BCUT2D eigenvalue weighted by Gasteiger charge is 2.18. The Morgan fingerprint density at radius 3 is 2.70 bits per heavy atom. The number of amides is 1. The number of carbonyl (C=O) groups is 1. The summed E-state index contributed by atoms with van der Waals surface area (Å²) >= 11 is 13.0. The highest BCUT2D eigenvalue weighted by Crippen LogP contribution is 2.32. The van der Waals surface area contributed by atoms with Crippen molar-refractivity contribution in [2.45, 2.75) is 18.3 Å². The fourth-order valence-corrected chi connectivity index (χ4v) is 2.72. The lowest BCUT2D eigenvalue weighted by Gasteiger charge is -2.15. The Labute approximate surface area is 131 Å². The number of benzene rings is 1. The molecule has 0 radical (unpaired) electrons. The maximum atomic E-state index is 12.0. The van der Waals surface area contributed by atoms with Gasteiger partial charge < -0.3 is 21.3 Å². The summed E-state index contributed by atoms with van der Waals surface area (Å²) in [6.45, 7) is 1.35. The number of hydrogen-bond acceptors (Lipinski definition) is 5. The minimum absolute atomic E-state index is 0.259. The topological polar surface area (TPSA) is 95.6 Å². The summed E-state index contributed by atoms with van der Waals surface area (Å²) in [7, 11) is 0. The number of halogens is 2. The molecular formula is C12H16Cl2N2O3S. The zero-order valence-corrected chi connectivity index (χ0v) is 13.1. The molecule has 2 atom stereocenters. The third-order valence-corrected chi connectivity index (χ3v) is 4.26. The lowest BCUT2D eigenvalue weighted by molar-refractivity contribution is -0.115. The van der Waals surface area contributed by atoms with Crippen molar-refractivity contribution >= 4 is 52.2 Å². The molecule has 0 aromatic heterocycles. The van der Waals surface area contributed by atoms with Crippen LogP contribution in [-0.4, -0.2) is 39.8 Å². The molecule has 0 heterocycles. The van der Waals surface area contributed by atoms with Crippen LogP contribution in [0.15, 0.2) is 12.1 Å². The zero-order valence-electron chi connectivity index (χ0n) is 10.8. The number of nitrogens with two attached hydrogens (primary N) is 1. The van der Waals surface area contributed by atoms with Gasteiger partial charge in [0.05, 0.1) is 34.4 Å². The molecule has 5 nitrogen and oxygen atoms in total. The lowest BCUT2D eigenvalue weighted by Crippen LogP contribution is -2.26. The van der Waals surface area contributed by atoms with E-state index >= 15 is 0 Å². The molecule has 0 spiro atoms. The van der Waals surface area contributed by atoms with Gasteiger partial charge in [-0.25, -0.2) is 0 Å². The van der Waals surface area contributed by atoms with Crippen molar-refractivity contribution in [1.82, 2.24) is 0 Å². The molecular weight excluding hydrogens is 323 g/mol. The standard InChI is InChI=1S/C12H16Cl2N2O3S/c1-6(20-5-8(18)4-17)12(19)16-11-9(14)2-7(13)3-10(11)15/h2-3,6,8,17-18H,4-5,15H2,1H3,(H,16,19). The average Bonchev–Trinajstić information content (AvgIpc) is 2.39. The van der Waals surface area contributed by atoms with Crippen molar-refractivity contribution < 1.29 is 15.0 Å². The molecule has 0 aliphatic rings. The van der Waals surface area contributed by atoms with Gasteiger partial charge in [-0.05, 0) is 19.1 Å². The molecule has 8 heteroatoms. The molecule has 112 valence electrons. The Balaban J connectivity index is 2.66. The van der Waals surface area contributed by atoms with Crippen molar-refractivity contribution in [3.8, 4) is 0 Å². The summed E-state index contributed by atoms with van der Waals surface area (Å²) in [6, 6.07) is 2.98. The second-order valence-electron chi connectivity index (χ2n) is 4.15.